The number of nitrogens with one attached hydrogen (secondary N) is 1. The number of carbonyl (C=O) groups is 1. The van der Waals surface area contributed by atoms with Gasteiger partial charge in [0.1, 0.15) is 0 Å². The monoisotopic (exact) mass is 414 g/mol. The first-order valence-corrected chi connectivity index (χ1v) is 12.4. The summed E-state index contributed by atoms with van der Waals surface area (Å²) in [6.45, 7) is 5.00. The van der Waals surface area contributed by atoms with Crippen molar-refractivity contribution in [2.24, 2.45) is 0 Å². The highest BCUT2D eigenvalue weighted by molar-refractivity contribution is 5.75. The molecule has 0 aliphatic rings. The van der Waals surface area contributed by atoms with Crippen LogP contribution in [0.15, 0.2) is 42.5 Å². The molecule has 1 aromatic carbocycles. The average Bonchev–Trinajstić information content (AvgIpc) is 2.75. The van der Waals surface area contributed by atoms with Crippen LogP contribution in [0.3, 0.4) is 0 Å². The van der Waals surface area contributed by atoms with Crippen LogP contribution in [-0.2, 0) is 11.3 Å². The Morgan fingerprint density at radius 3 is 2.20 bits per heavy atom. The van der Waals surface area contributed by atoms with Gasteiger partial charge in [0.15, 0.2) is 0 Å². The van der Waals surface area contributed by atoms with E-state index in [0.717, 1.165) is 32.5 Å². The molecule has 0 aliphatic carbocycles. The van der Waals surface area contributed by atoms with E-state index < -0.39 is 0 Å². The average molecular weight is 415 g/mol. The molecular formula is C27H46N2O. The Balaban J connectivity index is 1.85. The summed E-state index contributed by atoms with van der Waals surface area (Å²) in [5.74, 6) is 0.215. The number of amides is 1. The van der Waals surface area contributed by atoms with Gasteiger partial charge in [-0.15, -0.1) is 0 Å². The van der Waals surface area contributed by atoms with Crippen molar-refractivity contribution in [2.75, 3.05) is 20.1 Å². The van der Waals surface area contributed by atoms with E-state index >= 15 is 0 Å². The SMILES string of the molecule is CCCCCC/C=C/CCCCCCCC(=O)NCCCN(C)Cc1ccccc1. The minimum absolute atomic E-state index is 0.215. The minimum Gasteiger partial charge on any atom is -0.356 e. The van der Waals surface area contributed by atoms with Gasteiger partial charge in [0.05, 0.1) is 0 Å². The van der Waals surface area contributed by atoms with Gasteiger partial charge in [-0.05, 0) is 57.7 Å². The molecular weight excluding hydrogens is 368 g/mol. The Bertz CT molecular complexity index is 541. The zero-order valence-electron chi connectivity index (χ0n) is 19.7. The van der Waals surface area contributed by atoms with Crippen molar-refractivity contribution in [3.8, 4) is 0 Å². The summed E-state index contributed by atoms with van der Waals surface area (Å²) < 4.78 is 0. The quantitative estimate of drug-likeness (QED) is 0.198. The van der Waals surface area contributed by atoms with Gasteiger partial charge < -0.3 is 10.2 Å². The van der Waals surface area contributed by atoms with E-state index in [0.29, 0.717) is 6.42 Å². The van der Waals surface area contributed by atoms with Gasteiger partial charge in [-0.3, -0.25) is 4.79 Å². The third-order valence-electron chi connectivity index (χ3n) is 5.50. The summed E-state index contributed by atoms with van der Waals surface area (Å²) in [5.41, 5.74) is 1.34. The van der Waals surface area contributed by atoms with Gasteiger partial charge in [-0.2, -0.15) is 0 Å². The number of carbonyl (C=O) groups excluding carboxylic acids is 1. The maximum atomic E-state index is 11.9. The fourth-order valence-electron chi connectivity index (χ4n) is 3.64. The minimum atomic E-state index is 0.215. The molecule has 0 saturated heterocycles. The Morgan fingerprint density at radius 2 is 1.50 bits per heavy atom. The number of hydrogen-bond donors (Lipinski definition) is 1. The van der Waals surface area contributed by atoms with E-state index in [1.54, 1.807) is 0 Å². The summed E-state index contributed by atoms with van der Waals surface area (Å²) in [6.07, 6.45) is 20.3. The Kier molecular flexibility index (Phi) is 17.1. The number of benzene rings is 1. The normalized spacial score (nSPS) is 11.4. The van der Waals surface area contributed by atoms with Gasteiger partial charge in [0.25, 0.3) is 0 Å². The molecule has 30 heavy (non-hydrogen) atoms. The highest BCUT2D eigenvalue weighted by Gasteiger charge is 2.03. The summed E-state index contributed by atoms with van der Waals surface area (Å²) in [4.78, 5) is 14.3. The van der Waals surface area contributed by atoms with Crippen LogP contribution in [0.25, 0.3) is 0 Å². The van der Waals surface area contributed by atoms with Crippen molar-refractivity contribution in [3.05, 3.63) is 48.0 Å². The van der Waals surface area contributed by atoms with E-state index in [-0.39, 0.29) is 5.91 Å². The number of unbranched alkanes of at least 4 members (excludes halogenated alkanes) is 9. The zero-order valence-corrected chi connectivity index (χ0v) is 19.7. The molecule has 1 aromatic rings. The van der Waals surface area contributed by atoms with Crippen LogP contribution in [0.2, 0.25) is 0 Å². The van der Waals surface area contributed by atoms with Crippen molar-refractivity contribution in [3.63, 3.8) is 0 Å². The van der Waals surface area contributed by atoms with Crippen LogP contribution in [-0.4, -0.2) is 30.9 Å². The van der Waals surface area contributed by atoms with E-state index in [2.05, 4.69) is 60.6 Å². The molecule has 0 heterocycles. The predicted molar refractivity (Wildman–Crippen MR) is 131 cm³/mol. The van der Waals surface area contributed by atoms with Crippen molar-refractivity contribution < 1.29 is 4.79 Å². The first kappa shape index (κ1) is 26.4. The Hall–Kier alpha value is -1.61. The molecule has 0 aliphatic heterocycles. The van der Waals surface area contributed by atoms with Gasteiger partial charge in [0.2, 0.25) is 5.91 Å². The summed E-state index contributed by atoms with van der Waals surface area (Å²) >= 11 is 0. The van der Waals surface area contributed by atoms with Gasteiger partial charge in [-0.25, -0.2) is 0 Å². The second kappa shape index (κ2) is 19.4. The van der Waals surface area contributed by atoms with Crippen molar-refractivity contribution in [1.82, 2.24) is 10.2 Å². The van der Waals surface area contributed by atoms with Gasteiger partial charge >= 0.3 is 0 Å². The van der Waals surface area contributed by atoms with Crippen molar-refractivity contribution in [2.45, 2.75) is 96.9 Å². The van der Waals surface area contributed by atoms with Gasteiger partial charge in [0, 0.05) is 19.5 Å². The molecule has 3 nitrogen and oxygen atoms in total. The second-order valence-electron chi connectivity index (χ2n) is 8.55. The molecule has 0 spiro atoms. The van der Waals surface area contributed by atoms with Crippen LogP contribution in [0.5, 0.6) is 0 Å². The number of allylic oxidation sites excluding steroid dienone is 2. The third-order valence-corrected chi connectivity index (χ3v) is 5.50. The van der Waals surface area contributed by atoms with Crippen LogP contribution in [0, 0.1) is 0 Å². The molecule has 0 radical (unpaired) electrons. The lowest BCUT2D eigenvalue weighted by Crippen LogP contribution is -2.27. The van der Waals surface area contributed by atoms with Gasteiger partial charge in [-0.1, -0.05) is 87.9 Å². The third kappa shape index (κ3) is 16.2. The van der Waals surface area contributed by atoms with Crippen LogP contribution < -0.4 is 5.32 Å². The molecule has 1 amide bonds. The predicted octanol–water partition coefficient (Wildman–Crippen LogP) is 6.88. The topological polar surface area (TPSA) is 32.3 Å². The smallest absolute Gasteiger partial charge is 0.219 e. The molecule has 0 unspecified atom stereocenters. The van der Waals surface area contributed by atoms with Crippen LogP contribution in [0.1, 0.15) is 96.0 Å². The highest BCUT2D eigenvalue weighted by Crippen LogP contribution is 2.09. The fraction of sp³-hybridized carbons (Fsp3) is 0.667. The van der Waals surface area contributed by atoms with E-state index in [9.17, 15) is 4.79 Å². The maximum Gasteiger partial charge on any atom is 0.219 e. The summed E-state index contributed by atoms with van der Waals surface area (Å²) in [5, 5.41) is 3.07. The van der Waals surface area contributed by atoms with E-state index in [4.69, 9.17) is 0 Å². The largest absolute Gasteiger partial charge is 0.356 e. The summed E-state index contributed by atoms with van der Waals surface area (Å²) in [6, 6.07) is 10.5. The van der Waals surface area contributed by atoms with Crippen molar-refractivity contribution >= 4 is 5.91 Å². The molecule has 1 N–H and O–H groups in total. The van der Waals surface area contributed by atoms with E-state index in [1.165, 1.54) is 69.8 Å². The Labute approximate surface area is 186 Å². The molecule has 0 saturated carbocycles. The van der Waals surface area contributed by atoms with Crippen LogP contribution >= 0.6 is 0 Å². The highest BCUT2D eigenvalue weighted by atomic mass is 16.1. The molecule has 170 valence electrons. The number of hydrogen-bond acceptors (Lipinski definition) is 2. The van der Waals surface area contributed by atoms with Crippen molar-refractivity contribution in [1.29, 1.82) is 0 Å². The molecule has 0 aromatic heterocycles. The first-order chi connectivity index (χ1) is 14.7. The number of rotatable bonds is 19. The second-order valence-corrected chi connectivity index (χ2v) is 8.55. The lowest BCUT2D eigenvalue weighted by molar-refractivity contribution is -0.121. The molecule has 1 rings (SSSR count). The first-order valence-electron chi connectivity index (χ1n) is 12.4. The molecule has 0 fully saturated rings. The number of nitrogens with zero attached hydrogens (tertiary/aromatic N) is 1. The molecule has 0 atom stereocenters. The van der Waals surface area contributed by atoms with Crippen LogP contribution in [0.4, 0.5) is 0 Å². The lowest BCUT2D eigenvalue weighted by atomic mass is 10.1. The summed E-state index contributed by atoms with van der Waals surface area (Å²) in [7, 11) is 2.14. The molecule has 0 bridgehead atoms. The maximum absolute atomic E-state index is 11.9. The lowest BCUT2D eigenvalue weighted by Gasteiger charge is -2.16. The zero-order chi connectivity index (χ0) is 21.7. The standard InChI is InChI=1S/C27H46N2O/c1-3-4-5-6-7-8-9-10-11-12-13-14-18-22-27(30)28-23-19-24-29(2)25-26-20-16-15-17-21-26/h8-9,15-17,20-21H,3-7,10-14,18-19,22-25H2,1-2H3,(H,28,30)/b9-8+. The Morgan fingerprint density at radius 1 is 0.867 bits per heavy atom. The fourth-order valence-corrected chi connectivity index (χ4v) is 3.64. The molecule has 3 heteroatoms. The van der Waals surface area contributed by atoms with E-state index in [1.807, 2.05) is 6.07 Å².